The number of hydrogen-bond acceptors (Lipinski definition) is 2. The monoisotopic (exact) mass is 232 g/mol. The molecule has 0 aliphatic heterocycles. The minimum Gasteiger partial charge on any atom is -0.478 e. The number of hydrogen-bond donors (Lipinski definition) is 2. The summed E-state index contributed by atoms with van der Waals surface area (Å²) in [5, 5.41) is 18.5. The lowest BCUT2D eigenvalue weighted by Gasteiger charge is -2.23. The summed E-state index contributed by atoms with van der Waals surface area (Å²) in [6.45, 7) is 1.90. The quantitative estimate of drug-likeness (QED) is 0.824. The fourth-order valence-electron chi connectivity index (χ4n) is 2.54. The van der Waals surface area contributed by atoms with Gasteiger partial charge in [0.2, 0.25) is 0 Å². The number of carboxylic acid groups (broad SMARTS) is 1. The van der Waals surface area contributed by atoms with E-state index in [1.165, 1.54) is 0 Å². The first kappa shape index (κ1) is 11.9. The standard InChI is InChI=1S/C14H16O3/c1-2-9-4-3-5-11-10(8-15)6-7-12(13(9)11)14(16)17/h2,6-7,15H,3-5,8H2,1H3,(H,16,17)/b9-2+. The Labute approximate surface area is 100 Å². The van der Waals surface area contributed by atoms with Crippen molar-refractivity contribution in [3.8, 4) is 0 Å². The van der Waals surface area contributed by atoms with Gasteiger partial charge in [-0.1, -0.05) is 12.1 Å². The van der Waals surface area contributed by atoms with Crippen molar-refractivity contribution >= 4 is 11.5 Å². The maximum atomic E-state index is 11.2. The van der Waals surface area contributed by atoms with Crippen molar-refractivity contribution in [2.75, 3.05) is 0 Å². The molecule has 2 rings (SSSR count). The maximum Gasteiger partial charge on any atom is 0.336 e. The second-order valence-corrected chi connectivity index (χ2v) is 4.26. The molecule has 0 heterocycles. The topological polar surface area (TPSA) is 57.5 Å². The number of rotatable bonds is 2. The normalized spacial score (nSPS) is 16.9. The molecule has 1 aromatic rings. The summed E-state index contributed by atoms with van der Waals surface area (Å²) in [4.78, 5) is 11.2. The number of carboxylic acids is 1. The third-order valence-corrected chi connectivity index (χ3v) is 3.35. The van der Waals surface area contributed by atoms with Gasteiger partial charge >= 0.3 is 5.97 Å². The van der Waals surface area contributed by atoms with Crippen LogP contribution in [-0.2, 0) is 13.0 Å². The molecule has 0 bridgehead atoms. The summed E-state index contributed by atoms with van der Waals surface area (Å²) in [5.41, 5.74) is 4.12. The maximum absolute atomic E-state index is 11.2. The van der Waals surface area contributed by atoms with Crippen molar-refractivity contribution in [3.63, 3.8) is 0 Å². The van der Waals surface area contributed by atoms with Crippen LogP contribution in [0.25, 0.3) is 5.57 Å². The third kappa shape index (κ3) is 1.98. The third-order valence-electron chi connectivity index (χ3n) is 3.35. The number of aliphatic hydroxyl groups excluding tert-OH is 1. The highest BCUT2D eigenvalue weighted by atomic mass is 16.4. The minimum absolute atomic E-state index is 0.0285. The molecular formula is C14H16O3. The first-order valence-electron chi connectivity index (χ1n) is 5.83. The molecule has 0 unspecified atom stereocenters. The lowest BCUT2D eigenvalue weighted by molar-refractivity contribution is 0.0696. The highest BCUT2D eigenvalue weighted by molar-refractivity contribution is 5.95. The van der Waals surface area contributed by atoms with E-state index in [9.17, 15) is 15.0 Å². The molecule has 0 aromatic heterocycles. The van der Waals surface area contributed by atoms with Gasteiger partial charge in [-0.2, -0.15) is 0 Å². The van der Waals surface area contributed by atoms with Gasteiger partial charge in [0.05, 0.1) is 12.2 Å². The van der Waals surface area contributed by atoms with Gasteiger partial charge in [0.1, 0.15) is 0 Å². The molecule has 17 heavy (non-hydrogen) atoms. The van der Waals surface area contributed by atoms with Crippen molar-refractivity contribution in [2.45, 2.75) is 32.8 Å². The van der Waals surface area contributed by atoms with E-state index in [0.717, 1.165) is 41.5 Å². The van der Waals surface area contributed by atoms with E-state index in [4.69, 9.17) is 0 Å². The van der Waals surface area contributed by atoms with Crippen LogP contribution in [0.3, 0.4) is 0 Å². The molecule has 1 aliphatic carbocycles. The Morgan fingerprint density at radius 3 is 2.76 bits per heavy atom. The molecule has 0 saturated carbocycles. The van der Waals surface area contributed by atoms with E-state index < -0.39 is 5.97 Å². The Kier molecular flexibility index (Phi) is 3.29. The van der Waals surface area contributed by atoms with Crippen molar-refractivity contribution in [2.24, 2.45) is 0 Å². The van der Waals surface area contributed by atoms with Crippen LogP contribution < -0.4 is 0 Å². The van der Waals surface area contributed by atoms with Crippen molar-refractivity contribution in [1.29, 1.82) is 0 Å². The van der Waals surface area contributed by atoms with E-state index in [0.29, 0.717) is 5.56 Å². The van der Waals surface area contributed by atoms with Gasteiger partial charge in [0.25, 0.3) is 0 Å². The molecule has 3 heteroatoms. The average Bonchev–Trinajstić information content (AvgIpc) is 2.36. The summed E-state index contributed by atoms with van der Waals surface area (Å²) < 4.78 is 0. The van der Waals surface area contributed by atoms with Crippen molar-refractivity contribution < 1.29 is 15.0 Å². The Morgan fingerprint density at radius 1 is 1.41 bits per heavy atom. The molecule has 1 aromatic carbocycles. The van der Waals surface area contributed by atoms with Gasteiger partial charge < -0.3 is 10.2 Å². The van der Waals surface area contributed by atoms with E-state index >= 15 is 0 Å². The number of aliphatic hydroxyl groups is 1. The predicted octanol–water partition coefficient (Wildman–Crippen LogP) is 2.62. The first-order valence-corrected chi connectivity index (χ1v) is 5.83. The zero-order chi connectivity index (χ0) is 12.4. The Morgan fingerprint density at radius 2 is 2.18 bits per heavy atom. The molecule has 2 N–H and O–H groups in total. The van der Waals surface area contributed by atoms with Crippen LogP contribution in [0.2, 0.25) is 0 Å². The van der Waals surface area contributed by atoms with E-state index in [2.05, 4.69) is 0 Å². The number of fused-ring (bicyclic) bond motifs is 1. The molecule has 0 saturated heterocycles. The predicted molar refractivity (Wildman–Crippen MR) is 65.9 cm³/mol. The van der Waals surface area contributed by atoms with Gasteiger partial charge in [-0.05, 0) is 54.5 Å². The van der Waals surface area contributed by atoms with E-state index in [1.54, 1.807) is 12.1 Å². The summed E-state index contributed by atoms with van der Waals surface area (Å²) in [5.74, 6) is -0.896. The van der Waals surface area contributed by atoms with Crippen molar-refractivity contribution in [1.82, 2.24) is 0 Å². The second kappa shape index (κ2) is 4.72. The number of aromatic carboxylic acids is 1. The highest BCUT2D eigenvalue weighted by Crippen LogP contribution is 2.35. The van der Waals surface area contributed by atoms with Crippen LogP contribution in [0, 0.1) is 0 Å². The molecule has 90 valence electrons. The Balaban J connectivity index is 2.71. The van der Waals surface area contributed by atoms with Crippen LogP contribution >= 0.6 is 0 Å². The molecule has 0 radical (unpaired) electrons. The van der Waals surface area contributed by atoms with Gasteiger partial charge in [-0.25, -0.2) is 4.79 Å². The van der Waals surface area contributed by atoms with Gasteiger partial charge in [-0.3, -0.25) is 0 Å². The van der Waals surface area contributed by atoms with Crippen LogP contribution in [0.5, 0.6) is 0 Å². The van der Waals surface area contributed by atoms with Gasteiger partial charge in [0, 0.05) is 0 Å². The number of allylic oxidation sites excluding steroid dienone is 2. The average molecular weight is 232 g/mol. The fourth-order valence-corrected chi connectivity index (χ4v) is 2.54. The van der Waals surface area contributed by atoms with Crippen LogP contribution in [0.1, 0.15) is 46.8 Å². The zero-order valence-corrected chi connectivity index (χ0v) is 9.86. The molecule has 0 spiro atoms. The van der Waals surface area contributed by atoms with E-state index in [-0.39, 0.29) is 6.61 Å². The molecule has 0 amide bonds. The first-order chi connectivity index (χ1) is 8.19. The smallest absolute Gasteiger partial charge is 0.336 e. The summed E-state index contributed by atoms with van der Waals surface area (Å²) in [6, 6.07) is 3.32. The number of carbonyl (C=O) groups is 1. The second-order valence-electron chi connectivity index (χ2n) is 4.26. The summed E-state index contributed by atoms with van der Waals surface area (Å²) in [6.07, 6.45) is 4.76. The lowest BCUT2D eigenvalue weighted by Crippen LogP contribution is -2.12. The molecule has 3 nitrogen and oxygen atoms in total. The van der Waals surface area contributed by atoms with Gasteiger partial charge in [0.15, 0.2) is 0 Å². The molecule has 1 aliphatic rings. The van der Waals surface area contributed by atoms with Crippen LogP contribution in [0.4, 0.5) is 0 Å². The van der Waals surface area contributed by atoms with Crippen LogP contribution in [-0.4, -0.2) is 16.2 Å². The molecule has 0 fully saturated rings. The highest BCUT2D eigenvalue weighted by Gasteiger charge is 2.22. The minimum atomic E-state index is -0.896. The summed E-state index contributed by atoms with van der Waals surface area (Å²) >= 11 is 0. The SMILES string of the molecule is C/C=C1\CCCc2c(CO)ccc(C(=O)O)c21. The van der Waals surface area contributed by atoms with Crippen LogP contribution in [0.15, 0.2) is 18.2 Å². The lowest BCUT2D eigenvalue weighted by atomic mass is 9.82. The van der Waals surface area contributed by atoms with E-state index in [1.807, 2.05) is 13.0 Å². The Hall–Kier alpha value is -1.61. The largest absolute Gasteiger partial charge is 0.478 e. The Bertz CT molecular complexity index is 486. The zero-order valence-electron chi connectivity index (χ0n) is 9.86. The van der Waals surface area contributed by atoms with Gasteiger partial charge in [-0.15, -0.1) is 0 Å². The summed E-state index contributed by atoms with van der Waals surface area (Å²) in [7, 11) is 0. The fraction of sp³-hybridized carbons (Fsp3) is 0.357. The number of benzene rings is 1. The molecule has 0 atom stereocenters. The molecular weight excluding hydrogens is 216 g/mol. The van der Waals surface area contributed by atoms with Crippen molar-refractivity contribution in [3.05, 3.63) is 40.5 Å².